The highest BCUT2D eigenvalue weighted by Crippen LogP contribution is 2.29. The second kappa shape index (κ2) is 6.54. The van der Waals surface area contributed by atoms with E-state index in [4.69, 9.17) is 4.74 Å². The van der Waals surface area contributed by atoms with Gasteiger partial charge in [-0.15, -0.1) is 0 Å². The average Bonchev–Trinajstić information content (AvgIpc) is 2.46. The molecule has 0 bridgehead atoms. The molecule has 0 N–H and O–H groups in total. The summed E-state index contributed by atoms with van der Waals surface area (Å²) in [7, 11) is 0. The van der Waals surface area contributed by atoms with E-state index in [1.165, 1.54) is 6.92 Å². The number of esters is 1. The van der Waals surface area contributed by atoms with Crippen molar-refractivity contribution < 1.29 is 22.7 Å². The van der Waals surface area contributed by atoms with Gasteiger partial charge in [0.1, 0.15) is 12.1 Å². The van der Waals surface area contributed by atoms with Crippen LogP contribution in [0.1, 0.15) is 50.6 Å². The molecule has 1 atom stereocenters. The van der Waals surface area contributed by atoms with Crippen LogP contribution in [0, 0.1) is 0 Å². The van der Waals surface area contributed by atoms with Crippen LogP contribution in [0.25, 0.3) is 0 Å². The van der Waals surface area contributed by atoms with Crippen LogP contribution in [-0.4, -0.2) is 16.6 Å². The zero-order valence-corrected chi connectivity index (χ0v) is 12.2. The summed E-state index contributed by atoms with van der Waals surface area (Å²) in [6, 6.07) is 0.433. The molecule has 1 aromatic heterocycles. The smallest absolute Gasteiger partial charge is 0.417 e. The molecule has 1 aromatic rings. The van der Waals surface area contributed by atoms with Crippen molar-refractivity contribution in [3.05, 3.63) is 34.2 Å². The lowest BCUT2D eigenvalue weighted by Crippen LogP contribution is -2.32. The van der Waals surface area contributed by atoms with Gasteiger partial charge in [-0.2, -0.15) is 13.2 Å². The van der Waals surface area contributed by atoms with Crippen molar-refractivity contribution >= 4 is 5.97 Å². The number of pyridine rings is 1. The lowest BCUT2D eigenvalue weighted by Gasteiger charge is -2.24. The Balaban J connectivity index is 2.15. The van der Waals surface area contributed by atoms with Gasteiger partial charge in [-0.25, -0.2) is 4.79 Å². The maximum absolute atomic E-state index is 12.7. The summed E-state index contributed by atoms with van der Waals surface area (Å²) in [6.07, 6.45) is 0.441. The van der Waals surface area contributed by atoms with E-state index >= 15 is 0 Å². The zero-order chi connectivity index (χ0) is 16.3. The Hall–Kier alpha value is -1.79. The van der Waals surface area contributed by atoms with Gasteiger partial charge < -0.3 is 9.30 Å². The number of nitrogens with zero attached hydrogens (tertiary/aromatic N) is 1. The molecular formula is C15H18F3NO3. The first-order valence-corrected chi connectivity index (χ1v) is 7.29. The van der Waals surface area contributed by atoms with Crippen LogP contribution in [-0.2, 0) is 15.7 Å². The Labute approximate surface area is 125 Å². The molecule has 7 heteroatoms. The minimum absolute atomic E-state index is 0.204. The van der Waals surface area contributed by atoms with Crippen molar-refractivity contribution in [2.24, 2.45) is 0 Å². The molecular weight excluding hydrogens is 299 g/mol. The number of carbonyl (C=O) groups is 1. The third-order valence-corrected chi connectivity index (χ3v) is 3.86. The van der Waals surface area contributed by atoms with E-state index in [0.29, 0.717) is 12.3 Å². The third kappa shape index (κ3) is 3.90. The highest BCUT2D eigenvalue weighted by molar-refractivity contribution is 5.74. The second-order valence-corrected chi connectivity index (χ2v) is 5.53. The molecule has 0 aliphatic heterocycles. The van der Waals surface area contributed by atoms with Gasteiger partial charge in [-0.05, 0) is 38.7 Å². The minimum atomic E-state index is -4.57. The number of halogens is 3. The van der Waals surface area contributed by atoms with Gasteiger partial charge in [0.25, 0.3) is 5.56 Å². The summed E-state index contributed by atoms with van der Waals surface area (Å²) in [6.45, 7) is 1.37. The highest BCUT2D eigenvalue weighted by atomic mass is 19.4. The fourth-order valence-electron chi connectivity index (χ4n) is 2.53. The van der Waals surface area contributed by atoms with Gasteiger partial charge in [-0.3, -0.25) is 4.79 Å². The molecule has 0 amide bonds. The molecule has 122 valence electrons. The first-order valence-electron chi connectivity index (χ1n) is 7.29. The van der Waals surface area contributed by atoms with Gasteiger partial charge in [0.15, 0.2) is 0 Å². The van der Waals surface area contributed by atoms with E-state index in [1.54, 1.807) is 0 Å². The van der Waals surface area contributed by atoms with E-state index in [-0.39, 0.29) is 6.10 Å². The highest BCUT2D eigenvalue weighted by Gasteiger charge is 2.32. The summed E-state index contributed by atoms with van der Waals surface area (Å²) >= 11 is 0. The van der Waals surface area contributed by atoms with Crippen molar-refractivity contribution in [1.82, 2.24) is 4.57 Å². The lowest BCUT2D eigenvalue weighted by atomic mass is 9.98. The van der Waals surface area contributed by atoms with Gasteiger partial charge in [0.05, 0.1) is 5.56 Å². The van der Waals surface area contributed by atoms with Gasteiger partial charge >= 0.3 is 12.1 Å². The summed E-state index contributed by atoms with van der Waals surface area (Å²) in [5, 5.41) is 0. The standard InChI is InChI=1S/C15H18F3NO3/c1-10(14(21)22-12-5-3-2-4-6-12)19-9-11(15(16,17)18)7-8-13(19)20/h7-10,12H,2-6H2,1H3. The third-order valence-electron chi connectivity index (χ3n) is 3.86. The normalized spacial score (nSPS) is 18.0. The predicted octanol–water partition coefficient (Wildman–Crippen LogP) is 3.30. The fraction of sp³-hybridized carbons (Fsp3) is 0.600. The minimum Gasteiger partial charge on any atom is -0.461 e. The first kappa shape index (κ1) is 16.6. The monoisotopic (exact) mass is 317 g/mol. The van der Waals surface area contributed by atoms with Crippen molar-refractivity contribution in [3.63, 3.8) is 0 Å². The van der Waals surface area contributed by atoms with Crippen molar-refractivity contribution in [1.29, 1.82) is 0 Å². The van der Waals surface area contributed by atoms with E-state index < -0.39 is 29.3 Å². The SMILES string of the molecule is CC(C(=O)OC1CCCCC1)n1cc(C(F)(F)F)ccc1=O. The van der Waals surface area contributed by atoms with Crippen LogP contribution >= 0.6 is 0 Å². The van der Waals surface area contributed by atoms with E-state index in [0.717, 1.165) is 42.7 Å². The Kier molecular flexibility index (Phi) is 4.93. The van der Waals surface area contributed by atoms with E-state index in [9.17, 15) is 22.8 Å². The number of rotatable bonds is 3. The van der Waals surface area contributed by atoms with Crippen LogP contribution in [0.5, 0.6) is 0 Å². The summed E-state index contributed by atoms with van der Waals surface area (Å²) in [5.74, 6) is -0.673. The van der Waals surface area contributed by atoms with E-state index in [2.05, 4.69) is 0 Å². The van der Waals surface area contributed by atoms with Crippen LogP contribution in [0.4, 0.5) is 13.2 Å². The van der Waals surface area contributed by atoms with E-state index in [1.807, 2.05) is 0 Å². The van der Waals surface area contributed by atoms with Gasteiger partial charge in [-0.1, -0.05) is 6.42 Å². The number of carbonyl (C=O) groups excluding carboxylic acids is 1. The molecule has 1 aliphatic carbocycles. The van der Waals surface area contributed by atoms with Crippen LogP contribution in [0.3, 0.4) is 0 Å². The van der Waals surface area contributed by atoms with Crippen molar-refractivity contribution in [3.8, 4) is 0 Å². The molecule has 4 nitrogen and oxygen atoms in total. The second-order valence-electron chi connectivity index (χ2n) is 5.53. The van der Waals surface area contributed by atoms with Gasteiger partial charge in [0.2, 0.25) is 0 Å². The predicted molar refractivity (Wildman–Crippen MR) is 73.4 cm³/mol. The molecule has 1 aliphatic rings. The largest absolute Gasteiger partial charge is 0.461 e. The van der Waals surface area contributed by atoms with Crippen LogP contribution in [0.2, 0.25) is 0 Å². The Morgan fingerprint density at radius 1 is 1.27 bits per heavy atom. The molecule has 2 rings (SSSR count). The Bertz CT molecular complexity index is 588. The Morgan fingerprint density at radius 3 is 2.50 bits per heavy atom. The topological polar surface area (TPSA) is 48.3 Å². The molecule has 22 heavy (non-hydrogen) atoms. The summed E-state index contributed by atoms with van der Waals surface area (Å²) in [5.41, 5.74) is -1.63. The average molecular weight is 317 g/mol. The maximum Gasteiger partial charge on any atom is 0.417 e. The summed E-state index contributed by atoms with van der Waals surface area (Å²) in [4.78, 5) is 23.8. The van der Waals surface area contributed by atoms with Crippen LogP contribution < -0.4 is 5.56 Å². The molecule has 0 spiro atoms. The van der Waals surface area contributed by atoms with Crippen LogP contribution in [0.15, 0.2) is 23.1 Å². The number of aromatic nitrogens is 1. The fourth-order valence-corrected chi connectivity index (χ4v) is 2.53. The number of alkyl halides is 3. The quantitative estimate of drug-likeness (QED) is 0.804. The molecule has 1 saturated carbocycles. The maximum atomic E-state index is 12.7. The first-order chi connectivity index (χ1) is 10.3. The van der Waals surface area contributed by atoms with Gasteiger partial charge in [0, 0.05) is 12.3 Å². The number of hydrogen-bond donors (Lipinski definition) is 0. The number of hydrogen-bond acceptors (Lipinski definition) is 3. The molecule has 1 heterocycles. The molecule has 0 saturated heterocycles. The summed E-state index contributed by atoms with van der Waals surface area (Å²) < 4.78 is 44.2. The van der Waals surface area contributed by atoms with Crippen molar-refractivity contribution in [2.75, 3.05) is 0 Å². The molecule has 1 unspecified atom stereocenters. The molecule has 0 radical (unpaired) electrons. The lowest BCUT2D eigenvalue weighted by molar-refractivity contribution is -0.154. The molecule has 0 aromatic carbocycles. The Morgan fingerprint density at radius 2 is 1.91 bits per heavy atom. The molecule has 1 fully saturated rings. The number of ether oxygens (including phenoxy) is 1. The zero-order valence-electron chi connectivity index (χ0n) is 12.2. The van der Waals surface area contributed by atoms with Crippen molar-refractivity contribution in [2.45, 2.75) is 57.3 Å².